The minimum Gasteiger partial charge on any atom is -0.315 e. The summed E-state index contributed by atoms with van der Waals surface area (Å²) >= 11 is 0. The maximum absolute atomic E-state index is 13.1. The van der Waals surface area contributed by atoms with Crippen molar-refractivity contribution in [1.29, 1.82) is 0 Å². The molecule has 178 valence electrons. The maximum Gasteiger partial charge on any atom is 0.322 e. The number of nitrogens with zero attached hydrogens (tertiary/aromatic N) is 3. The third kappa shape index (κ3) is 6.14. The fourth-order valence-electron chi connectivity index (χ4n) is 3.70. The Bertz CT molecular complexity index is 1270. The standard InChI is InChI=1S/C28H29N5O2/c1-3-18-32(28(35)29-23-16-14-21(2)15-17-23)20-27(34)30-26-19-25(22-10-6-4-7-11-22)31-33(26)24-12-8-5-9-13-24/h4-17,19H,3,18,20H2,1-2H3,(H,29,35)(H,30,34). The molecule has 0 unspecified atom stereocenters. The molecule has 4 aromatic rings. The Morgan fingerprint density at radius 2 is 1.54 bits per heavy atom. The molecule has 1 heterocycles. The van der Waals surface area contributed by atoms with E-state index >= 15 is 0 Å². The van der Waals surface area contributed by atoms with Crippen LogP contribution in [-0.2, 0) is 4.79 Å². The van der Waals surface area contributed by atoms with Gasteiger partial charge in [-0.25, -0.2) is 9.48 Å². The van der Waals surface area contributed by atoms with E-state index in [0.717, 1.165) is 28.9 Å². The van der Waals surface area contributed by atoms with Gasteiger partial charge in [-0.3, -0.25) is 4.79 Å². The Kier molecular flexibility index (Phi) is 7.57. The number of benzene rings is 3. The first-order valence-electron chi connectivity index (χ1n) is 11.7. The Labute approximate surface area is 205 Å². The van der Waals surface area contributed by atoms with Crippen molar-refractivity contribution in [2.75, 3.05) is 23.7 Å². The van der Waals surface area contributed by atoms with Crippen molar-refractivity contribution in [1.82, 2.24) is 14.7 Å². The van der Waals surface area contributed by atoms with Crippen molar-refractivity contribution in [2.45, 2.75) is 20.3 Å². The molecule has 1 aromatic heterocycles. The van der Waals surface area contributed by atoms with E-state index in [9.17, 15) is 9.59 Å². The van der Waals surface area contributed by atoms with E-state index in [1.165, 1.54) is 4.90 Å². The number of amides is 3. The summed E-state index contributed by atoms with van der Waals surface area (Å²) < 4.78 is 1.71. The highest BCUT2D eigenvalue weighted by atomic mass is 16.2. The van der Waals surface area contributed by atoms with Crippen LogP contribution in [0.25, 0.3) is 16.9 Å². The number of aryl methyl sites for hydroxylation is 1. The van der Waals surface area contributed by atoms with Gasteiger partial charge in [-0.15, -0.1) is 0 Å². The van der Waals surface area contributed by atoms with E-state index in [0.29, 0.717) is 18.1 Å². The predicted octanol–water partition coefficient (Wildman–Crippen LogP) is 5.73. The van der Waals surface area contributed by atoms with E-state index in [-0.39, 0.29) is 18.5 Å². The molecule has 4 rings (SSSR count). The van der Waals surface area contributed by atoms with Gasteiger partial charge in [0.2, 0.25) is 5.91 Å². The van der Waals surface area contributed by atoms with Gasteiger partial charge in [-0.05, 0) is 37.6 Å². The van der Waals surface area contributed by atoms with Gasteiger partial charge < -0.3 is 15.5 Å². The number of carbonyl (C=O) groups excluding carboxylic acids is 2. The molecule has 0 saturated carbocycles. The first-order chi connectivity index (χ1) is 17.0. The summed E-state index contributed by atoms with van der Waals surface area (Å²) in [5.41, 5.74) is 4.32. The average Bonchev–Trinajstić information content (AvgIpc) is 3.30. The molecule has 0 atom stereocenters. The predicted molar refractivity (Wildman–Crippen MR) is 140 cm³/mol. The van der Waals surface area contributed by atoms with Gasteiger partial charge in [-0.1, -0.05) is 73.2 Å². The molecular formula is C28H29N5O2. The van der Waals surface area contributed by atoms with Crippen molar-refractivity contribution >= 4 is 23.4 Å². The fraction of sp³-hybridized carbons (Fsp3) is 0.179. The lowest BCUT2D eigenvalue weighted by Gasteiger charge is -2.22. The highest BCUT2D eigenvalue weighted by molar-refractivity contribution is 5.97. The van der Waals surface area contributed by atoms with Crippen LogP contribution in [-0.4, -0.2) is 39.7 Å². The third-order valence-electron chi connectivity index (χ3n) is 5.47. The molecule has 0 spiro atoms. The molecule has 3 aromatic carbocycles. The van der Waals surface area contributed by atoms with Crippen molar-refractivity contribution in [2.24, 2.45) is 0 Å². The number of aromatic nitrogens is 2. The van der Waals surface area contributed by atoms with Gasteiger partial charge in [0.15, 0.2) is 0 Å². The average molecular weight is 468 g/mol. The van der Waals surface area contributed by atoms with Crippen molar-refractivity contribution in [3.63, 3.8) is 0 Å². The Morgan fingerprint density at radius 1 is 0.886 bits per heavy atom. The summed E-state index contributed by atoms with van der Waals surface area (Å²) in [5, 5.41) is 10.6. The monoisotopic (exact) mass is 467 g/mol. The lowest BCUT2D eigenvalue weighted by molar-refractivity contribution is -0.116. The summed E-state index contributed by atoms with van der Waals surface area (Å²) in [7, 11) is 0. The zero-order valence-corrected chi connectivity index (χ0v) is 19.9. The summed E-state index contributed by atoms with van der Waals surface area (Å²) in [6, 6.07) is 28.5. The normalized spacial score (nSPS) is 10.6. The molecule has 2 N–H and O–H groups in total. The molecule has 35 heavy (non-hydrogen) atoms. The highest BCUT2D eigenvalue weighted by Crippen LogP contribution is 2.24. The van der Waals surface area contributed by atoms with E-state index in [1.54, 1.807) is 4.68 Å². The summed E-state index contributed by atoms with van der Waals surface area (Å²) in [6.45, 7) is 4.34. The molecule has 0 bridgehead atoms. The summed E-state index contributed by atoms with van der Waals surface area (Å²) in [4.78, 5) is 27.4. The quantitative estimate of drug-likeness (QED) is 0.347. The van der Waals surface area contributed by atoms with Crippen LogP contribution < -0.4 is 10.6 Å². The number of rotatable bonds is 8. The Hall–Kier alpha value is -4.39. The summed E-state index contributed by atoms with van der Waals surface area (Å²) in [5.74, 6) is 0.240. The number of nitrogens with one attached hydrogen (secondary N) is 2. The molecule has 7 heteroatoms. The number of para-hydroxylation sites is 1. The SMILES string of the molecule is CCCN(CC(=O)Nc1cc(-c2ccccc2)nn1-c1ccccc1)C(=O)Nc1ccc(C)cc1. The first-order valence-corrected chi connectivity index (χ1v) is 11.7. The topological polar surface area (TPSA) is 79.3 Å². The Morgan fingerprint density at radius 3 is 2.20 bits per heavy atom. The van der Waals surface area contributed by atoms with Gasteiger partial charge >= 0.3 is 6.03 Å². The van der Waals surface area contributed by atoms with E-state index < -0.39 is 0 Å². The third-order valence-corrected chi connectivity index (χ3v) is 5.47. The van der Waals surface area contributed by atoms with Crippen LogP contribution in [0.5, 0.6) is 0 Å². The zero-order chi connectivity index (χ0) is 24.6. The maximum atomic E-state index is 13.1. The molecular weight excluding hydrogens is 438 g/mol. The largest absolute Gasteiger partial charge is 0.322 e. The van der Waals surface area contributed by atoms with Crippen LogP contribution in [0.2, 0.25) is 0 Å². The summed E-state index contributed by atoms with van der Waals surface area (Å²) in [6.07, 6.45) is 0.731. The van der Waals surface area contributed by atoms with Crippen LogP contribution >= 0.6 is 0 Å². The van der Waals surface area contributed by atoms with Crippen LogP contribution in [0.15, 0.2) is 91.0 Å². The first kappa shape index (κ1) is 23.8. The molecule has 0 fully saturated rings. The lowest BCUT2D eigenvalue weighted by Crippen LogP contribution is -2.41. The number of hydrogen-bond donors (Lipinski definition) is 2. The van der Waals surface area contributed by atoms with Crippen LogP contribution in [0.4, 0.5) is 16.3 Å². The smallest absolute Gasteiger partial charge is 0.315 e. The zero-order valence-electron chi connectivity index (χ0n) is 19.9. The number of hydrogen-bond acceptors (Lipinski definition) is 3. The van der Waals surface area contributed by atoms with Gasteiger partial charge in [0.1, 0.15) is 12.4 Å². The van der Waals surface area contributed by atoms with Gasteiger partial charge in [0.25, 0.3) is 0 Å². The second-order valence-electron chi connectivity index (χ2n) is 8.29. The van der Waals surface area contributed by atoms with Crippen LogP contribution in [0.3, 0.4) is 0 Å². The molecule has 0 aliphatic heterocycles. The lowest BCUT2D eigenvalue weighted by atomic mass is 10.1. The van der Waals surface area contributed by atoms with Crippen molar-refractivity contribution in [3.8, 4) is 16.9 Å². The van der Waals surface area contributed by atoms with Crippen LogP contribution in [0, 0.1) is 6.92 Å². The minimum atomic E-state index is -0.313. The minimum absolute atomic E-state index is 0.0772. The number of carbonyl (C=O) groups is 2. The van der Waals surface area contributed by atoms with Gasteiger partial charge in [-0.2, -0.15) is 5.10 Å². The molecule has 7 nitrogen and oxygen atoms in total. The van der Waals surface area contributed by atoms with E-state index in [2.05, 4.69) is 10.6 Å². The second kappa shape index (κ2) is 11.2. The van der Waals surface area contributed by atoms with E-state index in [4.69, 9.17) is 5.10 Å². The van der Waals surface area contributed by atoms with Gasteiger partial charge in [0.05, 0.1) is 11.4 Å². The second-order valence-corrected chi connectivity index (χ2v) is 8.29. The Balaban J connectivity index is 1.53. The molecule has 0 saturated heterocycles. The highest BCUT2D eigenvalue weighted by Gasteiger charge is 2.19. The van der Waals surface area contributed by atoms with Gasteiger partial charge in [0, 0.05) is 23.9 Å². The number of urea groups is 1. The van der Waals surface area contributed by atoms with Crippen molar-refractivity contribution < 1.29 is 9.59 Å². The molecule has 3 amide bonds. The molecule has 0 radical (unpaired) electrons. The van der Waals surface area contributed by atoms with Crippen LogP contribution in [0.1, 0.15) is 18.9 Å². The fourth-order valence-corrected chi connectivity index (χ4v) is 3.70. The number of anilines is 2. The molecule has 0 aliphatic rings. The van der Waals surface area contributed by atoms with Crippen molar-refractivity contribution in [3.05, 3.63) is 96.6 Å². The molecule has 0 aliphatic carbocycles. The van der Waals surface area contributed by atoms with E-state index in [1.807, 2.05) is 105 Å².